The van der Waals surface area contributed by atoms with E-state index in [9.17, 15) is 4.79 Å². The summed E-state index contributed by atoms with van der Waals surface area (Å²) in [7, 11) is 0. The molecule has 0 atom stereocenters. The molecule has 150 valence electrons. The zero-order valence-electron chi connectivity index (χ0n) is 15.7. The second-order valence-corrected chi connectivity index (χ2v) is 9.61. The van der Waals surface area contributed by atoms with Crippen molar-refractivity contribution in [2.24, 2.45) is 0 Å². The van der Waals surface area contributed by atoms with E-state index in [2.05, 4.69) is 55.5 Å². The molecule has 3 aromatic heterocycles. The average Bonchev–Trinajstić information content (AvgIpc) is 3.48. The van der Waals surface area contributed by atoms with E-state index in [4.69, 9.17) is 0 Å². The van der Waals surface area contributed by atoms with E-state index in [1.165, 1.54) is 38.9 Å². The Hall–Kier alpha value is -2.36. The van der Waals surface area contributed by atoms with Crippen LogP contribution in [0.3, 0.4) is 0 Å². The Morgan fingerprint density at radius 3 is 2.93 bits per heavy atom. The van der Waals surface area contributed by atoms with Crippen LogP contribution >= 0.6 is 34.4 Å². The fourth-order valence-corrected chi connectivity index (χ4v) is 5.26. The maximum Gasteiger partial charge on any atom is 0.230 e. The highest BCUT2D eigenvalue weighted by Crippen LogP contribution is 2.25. The van der Waals surface area contributed by atoms with Crippen molar-refractivity contribution >= 4 is 56.4 Å². The third kappa shape index (κ3) is 5.59. The number of aromatic amines is 1. The molecule has 29 heavy (non-hydrogen) atoms. The van der Waals surface area contributed by atoms with Crippen molar-refractivity contribution in [2.75, 3.05) is 24.2 Å². The minimum Gasteiger partial charge on any atom is -0.361 e. The lowest BCUT2D eigenvalue weighted by Crippen LogP contribution is -2.27. The van der Waals surface area contributed by atoms with Gasteiger partial charge in [-0.25, -0.2) is 0 Å². The van der Waals surface area contributed by atoms with Gasteiger partial charge in [-0.3, -0.25) is 4.79 Å². The summed E-state index contributed by atoms with van der Waals surface area (Å²) in [6.07, 6.45) is 3.79. The van der Waals surface area contributed by atoms with Crippen LogP contribution in [-0.2, 0) is 17.6 Å². The van der Waals surface area contributed by atoms with Gasteiger partial charge in [0.05, 0.1) is 5.75 Å². The molecule has 9 heteroatoms. The van der Waals surface area contributed by atoms with Gasteiger partial charge in [-0.05, 0) is 35.9 Å². The predicted octanol–water partition coefficient (Wildman–Crippen LogP) is 4.19. The molecule has 0 aliphatic rings. The van der Waals surface area contributed by atoms with Gasteiger partial charge in [0, 0.05) is 35.1 Å². The van der Waals surface area contributed by atoms with Crippen LogP contribution in [-0.4, -0.2) is 39.9 Å². The van der Waals surface area contributed by atoms with Crippen LogP contribution in [0, 0.1) is 0 Å². The second kappa shape index (κ2) is 9.91. The molecule has 0 spiro atoms. The van der Waals surface area contributed by atoms with Gasteiger partial charge in [-0.15, -0.1) is 21.5 Å². The molecular formula is C20H21N5OS3. The van der Waals surface area contributed by atoms with Crippen LogP contribution < -0.4 is 10.6 Å². The number of carbonyl (C=O) groups is 1. The number of hydrogen-bond acceptors (Lipinski definition) is 7. The van der Waals surface area contributed by atoms with Gasteiger partial charge in [0.2, 0.25) is 11.0 Å². The zero-order valence-corrected chi connectivity index (χ0v) is 18.1. The van der Waals surface area contributed by atoms with Crippen LogP contribution in [0.5, 0.6) is 0 Å². The molecule has 0 saturated heterocycles. The van der Waals surface area contributed by atoms with E-state index in [-0.39, 0.29) is 5.91 Å². The molecule has 0 aliphatic carbocycles. The number of thiophene rings is 1. The van der Waals surface area contributed by atoms with Crippen LogP contribution in [0.2, 0.25) is 0 Å². The van der Waals surface area contributed by atoms with E-state index in [1.54, 1.807) is 11.3 Å². The minimum absolute atomic E-state index is 0.0113. The maximum absolute atomic E-state index is 12.1. The first kappa shape index (κ1) is 19.9. The Kier molecular flexibility index (Phi) is 6.81. The second-order valence-electron chi connectivity index (χ2n) is 6.38. The van der Waals surface area contributed by atoms with Crippen LogP contribution in [0.4, 0.5) is 5.13 Å². The molecule has 1 aromatic carbocycles. The van der Waals surface area contributed by atoms with Crippen molar-refractivity contribution in [1.29, 1.82) is 0 Å². The first-order chi connectivity index (χ1) is 14.3. The summed E-state index contributed by atoms with van der Waals surface area (Å²) < 4.78 is 0.801. The number of thioether (sulfide) groups is 1. The largest absolute Gasteiger partial charge is 0.361 e. The average molecular weight is 444 g/mol. The lowest BCUT2D eigenvalue weighted by Gasteiger charge is -2.03. The zero-order chi connectivity index (χ0) is 19.9. The number of aromatic nitrogens is 3. The van der Waals surface area contributed by atoms with E-state index >= 15 is 0 Å². The highest BCUT2D eigenvalue weighted by Gasteiger charge is 2.09. The Morgan fingerprint density at radius 2 is 2.03 bits per heavy atom. The molecule has 4 aromatic rings. The summed E-state index contributed by atoms with van der Waals surface area (Å²) in [5.41, 5.74) is 2.34. The predicted molar refractivity (Wildman–Crippen MR) is 122 cm³/mol. The van der Waals surface area contributed by atoms with Gasteiger partial charge >= 0.3 is 0 Å². The summed E-state index contributed by atoms with van der Waals surface area (Å²) in [4.78, 5) is 16.7. The molecule has 1 amide bonds. The quantitative estimate of drug-likeness (QED) is 0.320. The van der Waals surface area contributed by atoms with E-state index < -0.39 is 0 Å². The van der Waals surface area contributed by atoms with Crippen LogP contribution in [0.25, 0.3) is 10.9 Å². The highest BCUT2D eigenvalue weighted by molar-refractivity contribution is 8.01. The van der Waals surface area contributed by atoms with Crippen molar-refractivity contribution in [1.82, 2.24) is 20.5 Å². The van der Waals surface area contributed by atoms with E-state index in [0.29, 0.717) is 12.3 Å². The number of H-pyrrole nitrogens is 1. The number of anilines is 1. The summed E-state index contributed by atoms with van der Waals surface area (Å²) in [6, 6.07) is 12.4. The number of para-hydroxylation sites is 1. The third-order valence-corrected chi connectivity index (χ3v) is 7.30. The molecule has 0 radical (unpaired) electrons. The van der Waals surface area contributed by atoms with Gasteiger partial charge < -0.3 is 15.6 Å². The summed E-state index contributed by atoms with van der Waals surface area (Å²) >= 11 is 4.66. The standard InChI is InChI=1S/C20H21N5OS3/c26-18(21-9-7-14-12-23-17-6-2-1-5-16(14)17)13-28-20-25-24-19(29-20)22-10-8-15-4-3-11-27-15/h1-6,11-12,23H,7-10,13H2,(H,21,26)(H,22,24). The van der Waals surface area contributed by atoms with E-state index in [0.717, 1.165) is 34.4 Å². The Balaban J connectivity index is 1.15. The summed E-state index contributed by atoms with van der Waals surface area (Å²) in [5, 5.41) is 18.7. The number of nitrogens with one attached hydrogen (secondary N) is 3. The SMILES string of the molecule is O=C(CSc1nnc(NCCc2cccs2)s1)NCCc1c[nH]c2ccccc12. The summed E-state index contributed by atoms with van der Waals surface area (Å²) in [5.74, 6) is 0.356. The van der Waals surface area contributed by atoms with E-state index in [1.807, 2.05) is 18.3 Å². The molecular weight excluding hydrogens is 422 g/mol. The number of fused-ring (bicyclic) bond motifs is 1. The van der Waals surface area contributed by atoms with Gasteiger partial charge in [0.15, 0.2) is 4.34 Å². The van der Waals surface area contributed by atoms with Crippen LogP contribution in [0.15, 0.2) is 52.3 Å². The van der Waals surface area contributed by atoms with Crippen molar-refractivity contribution in [2.45, 2.75) is 17.2 Å². The molecule has 0 fully saturated rings. The number of hydrogen-bond donors (Lipinski definition) is 3. The van der Waals surface area contributed by atoms with Crippen molar-refractivity contribution in [3.05, 3.63) is 58.4 Å². The number of nitrogens with zero attached hydrogens (tertiary/aromatic N) is 2. The normalized spacial score (nSPS) is 11.0. The van der Waals surface area contributed by atoms with Crippen molar-refractivity contribution in [3.63, 3.8) is 0 Å². The monoisotopic (exact) mass is 443 g/mol. The highest BCUT2D eigenvalue weighted by atomic mass is 32.2. The molecule has 0 saturated carbocycles. The molecule has 3 heterocycles. The minimum atomic E-state index is 0.0113. The van der Waals surface area contributed by atoms with Gasteiger partial charge in [-0.2, -0.15) is 0 Å². The number of rotatable bonds is 10. The molecule has 6 nitrogen and oxygen atoms in total. The van der Waals surface area contributed by atoms with Gasteiger partial charge in [0.25, 0.3) is 0 Å². The Morgan fingerprint density at radius 1 is 1.10 bits per heavy atom. The number of carbonyl (C=O) groups excluding carboxylic acids is 1. The summed E-state index contributed by atoms with van der Waals surface area (Å²) in [6.45, 7) is 1.45. The topological polar surface area (TPSA) is 82.7 Å². The van der Waals surface area contributed by atoms with Crippen molar-refractivity contribution < 1.29 is 4.79 Å². The first-order valence-electron chi connectivity index (χ1n) is 9.32. The fraction of sp³-hybridized carbons (Fsp3) is 0.250. The van der Waals surface area contributed by atoms with Crippen LogP contribution in [0.1, 0.15) is 10.4 Å². The smallest absolute Gasteiger partial charge is 0.230 e. The maximum atomic E-state index is 12.1. The fourth-order valence-electron chi connectivity index (χ4n) is 2.94. The van der Waals surface area contributed by atoms with Gasteiger partial charge in [-0.1, -0.05) is 47.4 Å². The number of amides is 1. The van der Waals surface area contributed by atoms with Crippen molar-refractivity contribution in [3.8, 4) is 0 Å². The lowest BCUT2D eigenvalue weighted by molar-refractivity contribution is -0.118. The molecule has 0 unspecified atom stereocenters. The molecule has 0 aliphatic heterocycles. The number of benzene rings is 1. The van der Waals surface area contributed by atoms with Gasteiger partial charge in [0.1, 0.15) is 0 Å². The lowest BCUT2D eigenvalue weighted by atomic mass is 10.1. The Bertz CT molecular complexity index is 1060. The third-order valence-electron chi connectivity index (χ3n) is 4.35. The molecule has 3 N–H and O–H groups in total. The first-order valence-corrected chi connectivity index (χ1v) is 12.0. The molecule has 4 rings (SSSR count). The molecule has 0 bridgehead atoms. The Labute approximate surface area is 181 Å².